The van der Waals surface area contributed by atoms with E-state index in [1.807, 2.05) is 25.1 Å². The number of fused-ring (bicyclic) bond motifs is 1. The van der Waals surface area contributed by atoms with Crippen LogP contribution in [0.4, 0.5) is 0 Å². The maximum atomic E-state index is 5.44. The van der Waals surface area contributed by atoms with Crippen LogP contribution in [0.15, 0.2) is 34.9 Å². The van der Waals surface area contributed by atoms with Gasteiger partial charge in [-0.3, -0.25) is 5.32 Å². The van der Waals surface area contributed by atoms with Crippen LogP contribution in [0.2, 0.25) is 0 Å². The first-order valence-corrected chi connectivity index (χ1v) is 7.04. The summed E-state index contributed by atoms with van der Waals surface area (Å²) in [6.07, 6.45) is 1.74. The highest BCUT2D eigenvalue weighted by atomic mass is 32.1. The fourth-order valence-corrected chi connectivity index (χ4v) is 2.88. The summed E-state index contributed by atoms with van der Waals surface area (Å²) in [6.45, 7) is 4.62. The first-order valence-electron chi connectivity index (χ1n) is 6.22. The molecule has 0 aliphatic carbocycles. The molecule has 0 saturated carbocycles. The molecule has 1 N–H and O–H groups in total. The summed E-state index contributed by atoms with van der Waals surface area (Å²) in [5.41, 5.74) is 1.06. The van der Waals surface area contributed by atoms with Crippen LogP contribution in [0.25, 0.3) is 10.2 Å². The van der Waals surface area contributed by atoms with E-state index < -0.39 is 0 Å². The van der Waals surface area contributed by atoms with Gasteiger partial charge in [0.2, 0.25) is 5.89 Å². The smallest absolute Gasteiger partial charge is 0.208 e. The third-order valence-electron chi connectivity index (χ3n) is 2.91. The molecule has 0 spiro atoms. The van der Waals surface area contributed by atoms with Crippen LogP contribution < -0.4 is 5.32 Å². The molecule has 98 valence electrons. The monoisotopic (exact) mass is 273 g/mol. The fraction of sp³-hybridized carbons (Fsp3) is 0.286. The van der Waals surface area contributed by atoms with Crippen LogP contribution in [-0.2, 0) is 6.54 Å². The van der Waals surface area contributed by atoms with Crippen molar-refractivity contribution in [2.45, 2.75) is 26.4 Å². The number of nitrogens with one attached hydrogen (secondary N) is 1. The molecule has 0 bridgehead atoms. The minimum atomic E-state index is 0.185. The molecule has 4 nitrogen and oxygen atoms in total. The average molecular weight is 273 g/mol. The highest BCUT2D eigenvalue weighted by Gasteiger charge is 2.11. The van der Waals surface area contributed by atoms with Gasteiger partial charge in [0.1, 0.15) is 10.8 Å². The molecule has 1 atom stereocenters. The number of rotatable bonds is 4. The molecule has 2 aromatic heterocycles. The molecule has 3 aromatic rings. The lowest BCUT2D eigenvalue weighted by Crippen LogP contribution is -2.18. The van der Waals surface area contributed by atoms with Crippen molar-refractivity contribution in [2.75, 3.05) is 0 Å². The van der Waals surface area contributed by atoms with Gasteiger partial charge >= 0.3 is 0 Å². The minimum absolute atomic E-state index is 0.185. The van der Waals surface area contributed by atoms with Gasteiger partial charge in [-0.25, -0.2) is 9.97 Å². The molecular formula is C14H15N3OS. The zero-order valence-corrected chi connectivity index (χ0v) is 11.7. The van der Waals surface area contributed by atoms with Gasteiger partial charge in [-0.15, -0.1) is 11.3 Å². The second-order valence-corrected chi connectivity index (χ2v) is 5.55. The molecule has 3 rings (SSSR count). The lowest BCUT2D eigenvalue weighted by molar-refractivity contribution is 0.432. The van der Waals surface area contributed by atoms with Gasteiger partial charge in [-0.1, -0.05) is 12.1 Å². The summed E-state index contributed by atoms with van der Waals surface area (Å²) < 4.78 is 6.66. The Balaban J connectivity index is 1.71. The van der Waals surface area contributed by atoms with Gasteiger partial charge < -0.3 is 4.42 Å². The van der Waals surface area contributed by atoms with Gasteiger partial charge in [-0.05, 0) is 26.0 Å². The quantitative estimate of drug-likeness (QED) is 0.791. The van der Waals surface area contributed by atoms with Gasteiger partial charge in [0.25, 0.3) is 0 Å². The Morgan fingerprint density at radius 3 is 2.95 bits per heavy atom. The van der Waals surface area contributed by atoms with Crippen molar-refractivity contribution in [1.29, 1.82) is 0 Å². The first kappa shape index (κ1) is 12.3. The van der Waals surface area contributed by atoms with Crippen molar-refractivity contribution in [2.24, 2.45) is 0 Å². The molecule has 5 heteroatoms. The van der Waals surface area contributed by atoms with Crippen LogP contribution in [0.1, 0.15) is 29.6 Å². The Bertz CT molecular complexity index is 656. The lowest BCUT2D eigenvalue weighted by Gasteiger charge is -2.08. The number of hydrogen-bond donors (Lipinski definition) is 1. The van der Waals surface area contributed by atoms with E-state index in [1.165, 1.54) is 4.70 Å². The Kier molecular flexibility index (Phi) is 3.31. The number of oxazole rings is 1. The van der Waals surface area contributed by atoms with Crippen molar-refractivity contribution in [3.05, 3.63) is 47.1 Å². The SMILES string of the molecule is Cc1cnc(CNC(C)c2nc3ccccc3s2)o1. The Morgan fingerprint density at radius 2 is 2.21 bits per heavy atom. The zero-order chi connectivity index (χ0) is 13.2. The van der Waals surface area contributed by atoms with Crippen LogP contribution >= 0.6 is 11.3 Å². The van der Waals surface area contributed by atoms with E-state index in [1.54, 1.807) is 17.5 Å². The molecular weight excluding hydrogens is 258 g/mol. The largest absolute Gasteiger partial charge is 0.445 e. The summed E-state index contributed by atoms with van der Waals surface area (Å²) in [6, 6.07) is 8.38. The first-order chi connectivity index (χ1) is 9.22. The highest BCUT2D eigenvalue weighted by Crippen LogP contribution is 2.26. The second kappa shape index (κ2) is 5.11. The highest BCUT2D eigenvalue weighted by molar-refractivity contribution is 7.18. The Morgan fingerprint density at radius 1 is 1.37 bits per heavy atom. The molecule has 0 radical (unpaired) electrons. The minimum Gasteiger partial charge on any atom is -0.445 e. The molecule has 2 heterocycles. The Hall–Kier alpha value is -1.72. The van der Waals surface area contributed by atoms with E-state index in [-0.39, 0.29) is 6.04 Å². The molecule has 1 aromatic carbocycles. The maximum Gasteiger partial charge on any atom is 0.208 e. The predicted octanol–water partition coefficient (Wildman–Crippen LogP) is 3.44. The number of hydrogen-bond acceptors (Lipinski definition) is 5. The summed E-state index contributed by atoms with van der Waals surface area (Å²) >= 11 is 1.72. The molecule has 1 unspecified atom stereocenters. The van der Waals surface area contributed by atoms with Gasteiger partial charge in [-0.2, -0.15) is 0 Å². The van der Waals surface area contributed by atoms with Crippen molar-refractivity contribution >= 4 is 21.6 Å². The van der Waals surface area contributed by atoms with E-state index in [9.17, 15) is 0 Å². The van der Waals surface area contributed by atoms with E-state index in [0.717, 1.165) is 16.3 Å². The van der Waals surface area contributed by atoms with Crippen molar-refractivity contribution in [1.82, 2.24) is 15.3 Å². The van der Waals surface area contributed by atoms with Crippen molar-refractivity contribution in [3.8, 4) is 0 Å². The van der Waals surface area contributed by atoms with Gasteiger partial charge in [0.15, 0.2) is 0 Å². The summed E-state index contributed by atoms with van der Waals surface area (Å²) in [7, 11) is 0. The number of aryl methyl sites for hydroxylation is 1. The van der Waals surface area contributed by atoms with E-state index >= 15 is 0 Å². The predicted molar refractivity (Wildman–Crippen MR) is 76.1 cm³/mol. The molecule has 0 amide bonds. The van der Waals surface area contributed by atoms with E-state index in [4.69, 9.17) is 4.42 Å². The number of para-hydroxylation sites is 1. The van der Waals surface area contributed by atoms with Crippen molar-refractivity contribution < 1.29 is 4.42 Å². The molecule has 0 aliphatic rings. The maximum absolute atomic E-state index is 5.44. The molecule has 0 saturated heterocycles. The number of benzene rings is 1. The normalized spacial score (nSPS) is 12.9. The van der Waals surface area contributed by atoms with Crippen LogP contribution in [0, 0.1) is 6.92 Å². The third-order valence-corrected chi connectivity index (χ3v) is 4.13. The standard InChI is InChI=1S/C14H15N3OS/c1-9-7-16-13(18-9)8-15-10(2)14-17-11-5-3-4-6-12(11)19-14/h3-7,10,15H,8H2,1-2H3. The molecule has 19 heavy (non-hydrogen) atoms. The van der Waals surface area contributed by atoms with Gasteiger partial charge in [0, 0.05) is 0 Å². The summed E-state index contributed by atoms with van der Waals surface area (Å²) in [4.78, 5) is 8.81. The number of thiazole rings is 1. The summed E-state index contributed by atoms with van der Waals surface area (Å²) in [5.74, 6) is 1.55. The lowest BCUT2D eigenvalue weighted by atomic mass is 10.3. The van der Waals surface area contributed by atoms with Gasteiger partial charge in [0.05, 0.1) is 29.0 Å². The number of aromatic nitrogens is 2. The van der Waals surface area contributed by atoms with Crippen LogP contribution in [-0.4, -0.2) is 9.97 Å². The molecule has 0 fully saturated rings. The van der Waals surface area contributed by atoms with E-state index in [2.05, 4.69) is 28.3 Å². The van der Waals surface area contributed by atoms with Crippen LogP contribution in [0.3, 0.4) is 0 Å². The van der Waals surface area contributed by atoms with Crippen LogP contribution in [0.5, 0.6) is 0 Å². The van der Waals surface area contributed by atoms with Crippen molar-refractivity contribution in [3.63, 3.8) is 0 Å². The zero-order valence-electron chi connectivity index (χ0n) is 10.9. The third kappa shape index (κ3) is 2.67. The topological polar surface area (TPSA) is 51.0 Å². The summed E-state index contributed by atoms with van der Waals surface area (Å²) in [5, 5.41) is 4.47. The fourth-order valence-electron chi connectivity index (χ4n) is 1.89. The average Bonchev–Trinajstić information content (AvgIpc) is 3.01. The van der Waals surface area contributed by atoms with E-state index in [0.29, 0.717) is 12.4 Å². The number of nitrogens with zero attached hydrogens (tertiary/aromatic N) is 2. The Labute approximate surface area is 115 Å². The molecule has 0 aliphatic heterocycles. The second-order valence-electron chi connectivity index (χ2n) is 4.49.